The Morgan fingerprint density at radius 1 is 1.18 bits per heavy atom. The molecule has 0 spiro atoms. The highest BCUT2D eigenvalue weighted by molar-refractivity contribution is 5.90. The molecule has 1 aliphatic heterocycles. The number of hydrogen-bond acceptors (Lipinski definition) is 4. The summed E-state index contributed by atoms with van der Waals surface area (Å²) in [5.41, 5.74) is 1.43. The van der Waals surface area contributed by atoms with Gasteiger partial charge in [0.2, 0.25) is 0 Å². The van der Waals surface area contributed by atoms with Crippen LogP contribution in [0.1, 0.15) is 6.42 Å². The van der Waals surface area contributed by atoms with Crippen LogP contribution in [0.5, 0.6) is 0 Å². The number of rotatable bonds is 3. The molecule has 0 aliphatic carbocycles. The standard InChI is InChI=1S/C14H15N5O3/c20-13(21)10-5-8-18(9-10)14(22)17-11-1-3-12(4-2-11)19-15-6-7-16-19/h1-4,6-7,10H,5,8-9H2,(H,17,22)(H,20,21). The molecule has 1 atom stereocenters. The highest BCUT2D eigenvalue weighted by Crippen LogP contribution is 2.18. The number of carboxylic acid groups (broad SMARTS) is 1. The number of nitrogens with zero attached hydrogens (tertiary/aromatic N) is 4. The lowest BCUT2D eigenvalue weighted by molar-refractivity contribution is -0.141. The predicted molar refractivity (Wildman–Crippen MR) is 77.7 cm³/mol. The quantitative estimate of drug-likeness (QED) is 0.887. The van der Waals surface area contributed by atoms with Crippen LogP contribution in [0.2, 0.25) is 0 Å². The number of aromatic nitrogens is 3. The van der Waals surface area contributed by atoms with Gasteiger partial charge in [-0.1, -0.05) is 0 Å². The van der Waals surface area contributed by atoms with Gasteiger partial charge in [-0.25, -0.2) is 4.79 Å². The van der Waals surface area contributed by atoms with Crippen LogP contribution < -0.4 is 5.32 Å². The van der Waals surface area contributed by atoms with Gasteiger partial charge in [-0.05, 0) is 30.7 Å². The van der Waals surface area contributed by atoms with Crippen molar-refractivity contribution in [2.45, 2.75) is 6.42 Å². The van der Waals surface area contributed by atoms with E-state index in [2.05, 4.69) is 15.5 Å². The Hall–Kier alpha value is -2.90. The lowest BCUT2D eigenvalue weighted by Crippen LogP contribution is -2.33. The second-order valence-electron chi connectivity index (χ2n) is 5.07. The zero-order valence-electron chi connectivity index (χ0n) is 11.7. The van der Waals surface area contributed by atoms with E-state index in [1.54, 1.807) is 36.7 Å². The van der Waals surface area contributed by atoms with Gasteiger partial charge in [-0.2, -0.15) is 15.0 Å². The van der Waals surface area contributed by atoms with Gasteiger partial charge in [0, 0.05) is 18.8 Å². The monoisotopic (exact) mass is 301 g/mol. The van der Waals surface area contributed by atoms with Crippen molar-refractivity contribution in [2.75, 3.05) is 18.4 Å². The molecule has 2 N–H and O–H groups in total. The second kappa shape index (κ2) is 5.84. The molecule has 2 aromatic rings. The maximum absolute atomic E-state index is 12.1. The van der Waals surface area contributed by atoms with Gasteiger partial charge in [0.05, 0.1) is 24.0 Å². The Morgan fingerprint density at radius 2 is 1.86 bits per heavy atom. The number of urea groups is 1. The molecule has 1 aromatic heterocycles. The lowest BCUT2D eigenvalue weighted by atomic mass is 10.1. The van der Waals surface area contributed by atoms with Crippen molar-refractivity contribution in [2.24, 2.45) is 5.92 Å². The first-order valence-electron chi connectivity index (χ1n) is 6.89. The number of anilines is 1. The molecular formula is C14H15N5O3. The Morgan fingerprint density at radius 3 is 2.45 bits per heavy atom. The van der Waals surface area contributed by atoms with E-state index in [9.17, 15) is 9.59 Å². The number of carbonyl (C=O) groups is 2. The van der Waals surface area contributed by atoms with Crippen molar-refractivity contribution >= 4 is 17.7 Å². The summed E-state index contributed by atoms with van der Waals surface area (Å²) in [6, 6.07) is 6.80. The van der Waals surface area contributed by atoms with Gasteiger partial charge < -0.3 is 15.3 Å². The van der Waals surface area contributed by atoms with Gasteiger partial charge in [-0.3, -0.25) is 4.79 Å². The highest BCUT2D eigenvalue weighted by atomic mass is 16.4. The maximum Gasteiger partial charge on any atom is 0.321 e. The molecule has 22 heavy (non-hydrogen) atoms. The smallest absolute Gasteiger partial charge is 0.321 e. The van der Waals surface area contributed by atoms with E-state index in [0.29, 0.717) is 18.7 Å². The van der Waals surface area contributed by atoms with Gasteiger partial charge in [-0.15, -0.1) is 0 Å². The number of nitrogens with one attached hydrogen (secondary N) is 1. The van der Waals surface area contributed by atoms with Crippen molar-refractivity contribution in [3.8, 4) is 5.69 Å². The van der Waals surface area contributed by atoms with Crippen molar-refractivity contribution < 1.29 is 14.7 Å². The van der Waals surface area contributed by atoms with E-state index in [4.69, 9.17) is 5.11 Å². The molecule has 1 unspecified atom stereocenters. The van der Waals surface area contributed by atoms with Gasteiger partial charge in [0.15, 0.2) is 0 Å². The van der Waals surface area contributed by atoms with Gasteiger partial charge in [0.1, 0.15) is 0 Å². The fraction of sp³-hybridized carbons (Fsp3) is 0.286. The summed E-state index contributed by atoms with van der Waals surface area (Å²) in [5, 5.41) is 19.7. The number of carbonyl (C=O) groups excluding carboxylic acids is 1. The summed E-state index contributed by atoms with van der Waals surface area (Å²) in [6.45, 7) is 0.703. The first kappa shape index (κ1) is 14.1. The first-order valence-corrected chi connectivity index (χ1v) is 6.89. The molecule has 0 saturated carbocycles. The first-order chi connectivity index (χ1) is 10.6. The van der Waals surface area contributed by atoms with Crippen LogP contribution in [0.4, 0.5) is 10.5 Å². The van der Waals surface area contributed by atoms with E-state index < -0.39 is 11.9 Å². The van der Waals surface area contributed by atoms with E-state index in [1.165, 1.54) is 9.70 Å². The number of amides is 2. The molecule has 114 valence electrons. The molecule has 8 nitrogen and oxygen atoms in total. The fourth-order valence-corrected chi connectivity index (χ4v) is 2.38. The van der Waals surface area contributed by atoms with Crippen LogP contribution in [-0.2, 0) is 4.79 Å². The number of aliphatic carboxylic acids is 1. The molecule has 8 heteroatoms. The molecule has 0 bridgehead atoms. The van der Waals surface area contributed by atoms with Crippen LogP contribution in [-0.4, -0.2) is 50.1 Å². The molecular weight excluding hydrogens is 286 g/mol. The maximum atomic E-state index is 12.1. The van der Waals surface area contributed by atoms with Crippen LogP contribution in [0.25, 0.3) is 5.69 Å². The van der Waals surface area contributed by atoms with Crippen molar-refractivity contribution in [3.05, 3.63) is 36.7 Å². The third kappa shape index (κ3) is 2.90. The third-order valence-corrected chi connectivity index (χ3v) is 3.59. The molecule has 1 fully saturated rings. The van der Waals surface area contributed by atoms with Gasteiger partial charge in [0.25, 0.3) is 0 Å². The van der Waals surface area contributed by atoms with E-state index in [-0.39, 0.29) is 12.6 Å². The molecule has 1 aliphatic rings. The van der Waals surface area contributed by atoms with Crippen LogP contribution in [0.15, 0.2) is 36.7 Å². The van der Waals surface area contributed by atoms with Crippen molar-refractivity contribution in [1.29, 1.82) is 0 Å². The lowest BCUT2D eigenvalue weighted by Gasteiger charge is -2.16. The number of carboxylic acids is 1. The van der Waals surface area contributed by atoms with Crippen LogP contribution >= 0.6 is 0 Å². The molecule has 2 amide bonds. The minimum absolute atomic E-state index is 0.246. The van der Waals surface area contributed by atoms with Crippen molar-refractivity contribution in [3.63, 3.8) is 0 Å². The zero-order chi connectivity index (χ0) is 15.5. The number of hydrogen-bond donors (Lipinski definition) is 2. The Labute approximate surface area is 126 Å². The molecule has 1 saturated heterocycles. The Kier molecular flexibility index (Phi) is 3.73. The summed E-state index contributed by atoms with van der Waals surface area (Å²) in [6.07, 6.45) is 3.66. The minimum Gasteiger partial charge on any atom is -0.481 e. The minimum atomic E-state index is -0.855. The Balaban J connectivity index is 1.61. The summed E-state index contributed by atoms with van der Waals surface area (Å²) in [7, 11) is 0. The van der Waals surface area contributed by atoms with E-state index >= 15 is 0 Å². The predicted octanol–water partition coefficient (Wildman–Crippen LogP) is 1.21. The second-order valence-corrected chi connectivity index (χ2v) is 5.07. The van der Waals surface area contributed by atoms with E-state index in [1.807, 2.05) is 0 Å². The summed E-state index contributed by atoms with van der Waals surface area (Å²) >= 11 is 0. The van der Waals surface area contributed by atoms with Crippen molar-refractivity contribution in [1.82, 2.24) is 19.9 Å². The fourth-order valence-electron chi connectivity index (χ4n) is 2.38. The van der Waals surface area contributed by atoms with Crippen LogP contribution in [0.3, 0.4) is 0 Å². The topological polar surface area (TPSA) is 100 Å². The summed E-state index contributed by atoms with van der Waals surface area (Å²) < 4.78 is 0. The normalized spacial score (nSPS) is 17.5. The number of benzene rings is 1. The molecule has 0 radical (unpaired) electrons. The Bertz CT molecular complexity index is 668. The van der Waals surface area contributed by atoms with Crippen LogP contribution in [0, 0.1) is 5.92 Å². The average Bonchev–Trinajstić information content (AvgIpc) is 3.20. The highest BCUT2D eigenvalue weighted by Gasteiger charge is 2.30. The molecule has 3 rings (SSSR count). The zero-order valence-corrected chi connectivity index (χ0v) is 11.7. The summed E-state index contributed by atoms with van der Waals surface area (Å²) in [4.78, 5) is 26.0. The third-order valence-electron chi connectivity index (χ3n) is 3.59. The largest absolute Gasteiger partial charge is 0.481 e. The molecule has 1 aromatic carbocycles. The number of likely N-dealkylation sites (tertiary alicyclic amines) is 1. The van der Waals surface area contributed by atoms with E-state index in [0.717, 1.165) is 5.69 Å². The SMILES string of the molecule is O=C(O)C1CCN(C(=O)Nc2ccc(-n3nccn3)cc2)C1. The molecule has 2 heterocycles. The summed E-state index contributed by atoms with van der Waals surface area (Å²) in [5.74, 6) is -1.33. The average molecular weight is 301 g/mol. The van der Waals surface area contributed by atoms with Gasteiger partial charge >= 0.3 is 12.0 Å².